The molecule has 5 nitrogen and oxygen atoms in total. The molecule has 22 heavy (non-hydrogen) atoms. The summed E-state index contributed by atoms with van der Waals surface area (Å²) in [4.78, 5) is 22.2. The van der Waals surface area contributed by atoms with Crippen LogP contribution in [0.4, 0.5) is 11.4 Å². The van der Waals surface area contributed by atoms with Crippen LogP contribution in [-0.4, -0.2) is 10.8 Å². The van der Waals surface area contributed by atoms with Gasteiger partial charge in [0.05, 0.1) is 4.92 Å². The summed E-state index contributed by atoms with van der Waals surface area (Å²) in [5, 5.41) is 14.2. The van der Waals surface area contributed by atoms with Gasteiger partial charge in [-0.1, -0.05) is 35.3 Å². The number of hydrogen-bond acceptors (Lipinski definition) is 3. The van der Waals surface area contributed by atoms with E-state index in [9.17, 15) is 14.9 Å². The zero-order chi connectivity index (χ0) is 16.1. The van der Waals surface area contributed by atoms with Crippen LogP contribution in [0, 0.1) is 10.1 Å². The van der Waals surface area contributed by atoms with Crippen molar-refractivity contribution in [3.8, 4) is 0 Å². The van der Waals surface area contributed by atoms with E-state index in [0.29, 0.717) is 5.02 Å². The lowest BCUT2D eigenvalue weighted by Crippen LogP contribution is -2.09. The highest BCUT2D eigenvalue weighted by atomic mass is 35.5. The second kappa shape index (κ2) is 7.06. The van der Waals surface area contributed by atoms with E-state index in [1.807, 2.05) is 0 Å². The van der Waals surface area contributed by atoms with Gasteiger partial charge in [-0.25, -0.2) is 0 Å². The predicted octanol–water partition coefficient (Wildman–Crippen LogP) is 4.55. The quantitative estimate of drug-likeness (QED) is 0.505. The summed E-state index contributed by atoms with van der Waals surface area (Å²) in [6.07, 6.45) is 2.86. The van der Waals surface area contributed by atoms with E-state index in [-0.39, 0.29) is 16.4 Å². The van der Waals surface area contributed by atoms with Gasteiger partial charge in [-0.05, 0) is 35.9 Å². The van der Waals surface area contributed by atoms with Gasteiger partial charge in [0.2, 0.25) is 5.91 Å². The van der Waals surface area contributed by atoms with Crippen molar-refractivity contribution in [2.45, 2.75) is 0 Å². The van der Waals surface area contributed by atoms with Crippen molar-refractivity contribution in [1.29, 1.82) is 0 Å². The first kappa shape index (κ1) is 16.0. The van der Waals surface area contributed by atoms with E-state index in [1.165, 1.54) is 24.3 Å². The molecule has 0 fully saturated rings. The summed E-state index contributed by atoms with van der Waals surface area (Å²) >= 11 is 11.5. The van der Waals surface area contributed by atoms with Gasteiger partial charge in [0.1, 0.15) is 5.69 Å². The van der Waals surface area contributed by atoms with Crippen molar-refractivity contribution >= 4 is 46.6 Å². The Hall–Kier alpha value is -2.37. The maximum Gasteiger partial charge on any atom is 0.294 e. The minimum atomic E-state index is -0.607. The Bertz CT molecular complexity index is 743. The van der Waals surface area contributed by atoms with Crippen LogP contribution >= 0.6 is 23.2 Å². The second-order valence-corrected chi connectivity index (χ2v) is 5.17. The largest absolute Gasteiger partial charge is 0.317 e. The van der Waals surface area contributed by atoms with Gasteiger partial charge in [-0.3, -0.25) is 14.9 Å². The van der Waals surface area contributed by atoms with E-state index >= 15 is 0 Å². The van der Waals surface area contributed by atoms with Crippen molar-refractivity contribution in [2.75, 3.05) is 5.32 Å². The number of nitro benzene ring substituents is 1. The molecule has 0 aromatic heterocycles. The van der Waals surface area contributed by atoms with Crippen LogP contribution in [0.15, 0.2) is 48.5 Å². The fraction of sp³-hybridized carbons (Fsp3) is 0. The van der Waals surface area contributed by atoms with Gasteiger partial charge in [0, 0.05) is 22.2 Å². The summed E-state index contributed by atoms with van der Waals surface area (Å²) in [5.74, 6) is -0.486. The van der Waals surface area contributed by atoms with Crippen LogP contribution in [-0.2, 0) is 4.79 Å². The van der Waals surface area contributed by atoms with Gasteiger partial charge >= 0.3 is 0 Å². The van der Waals surface area contributed by atoms with Crippen molar-refractivity contribution < 1.29 is 9.72 Å². The molecule has 0 heterocycles. The number of benzene rings is 2. The van der Waals surface area contributed by atoms with Gasteiger partial charge < -0.3 is 5.32 Å². The number of hydrogen-bond donors (Lipinski definition) is 1. The van der Waals surface area contributed by atoms with Gasteiger partial charge in [-0.2, -0.15) is 0 Å². The highest BCUT2D eigenvalue weighted by molar-refractivity contribution is 6.31. The molecule has 0 aliphatic rings. The summed E-state index contributed by atoms with van der Waals surface area (Å²) in [6.45, 7) is 0. The smallest absolute Gasteiger partial charge is 0.294 e. The summed E-state index contributed by atoms with van der Waals surface area (Å²) in [5.41, 5.74) is 0.603. The lowest BCUT2D eigenvalue weighted by atomic mass is 10.2. The molecule has 0 spiro atoms. The lowest BCUT2D eigenvalue weighted by molar-refractivity contribution is -0.383. The first-order valence-electron chi connectivity index (χ1n) is 6.14. The average molecular weight is 337 g/mol. The van der Waals surface area contributed by atoms with Crippen molar-refractivity contribution in [1.82, 2.24) is 0 Å². The monoisotopic (exact) mass is 336 g/mol. The number of rotatable bonds is 4. The highest BCUT2D eigenvalue weighted by Gasteiger charge is 2.15. The van der Waals surface area contributed by atoms with E-state index in [4.69, 9.17) is 23.2 Å². The number of amides is 1. The Balaban J connectivity index is 2.12. The summed E-state index contributed by atoms with van der Waals surface area (Å²) < 4.78 is 0. The van der Waals surface area contributed by atoms with Crippen molar-refractivity contribution in [3.05, 3.63) is 74.3 Å². The predicted molar refractivity (Wildman–Crippen MR) is 87.2 cm³/mol. The molecule has 0 radical (unpaired) electrons. The van der Waals surface area contributed by atoms with E-state index in [2.05, 4.69) is 5.32 Å². The molecule has 7 heteroatoms. The van der Waals surface area contributed by atoms with Crippen molar-refractivity contribution in [2.24, 2.45) is 0 Å². The van der Waals surface area contributed by atoms with Crippen LogP contribution in [0.25, 0.3) is 6.08 Å². The normalized spacial score (nSPS) is 10.6. The molecule has 0 saturated heterocycles. The summed E-state index contributed by atoms with van der Waals surface area (Å²) in [7, 11) is 0. The molecule has 0 saturated carbocycles. The minimum Gasteiger partial charge on any atom is -0.317 e. The Kier molecular flexibility index (Phi) is 5.14. The molecule has 1 N–H and O–H groups in total. The van der Waals surface area contributed by atoms with Crippen LogP contribution in [0.3, 0.4) is 0 Å². The van der Waals surface area contributed by atoms with Gasteiger partial charge in [0.15, 0.2) is 0 Å². The van der Waals surface area contributed by atoms with E-state index in [1.54, 1.807) is 30.3 Å². The lowest BCUT2D eigenvalue weighted by Gasteiger charge is -2.03. The Morgan fingerprint density at radius 1 is 1.09 bits per heavy atom. The number of nitro groups is 1. The number of halogens is 2. The number of carbonyl (C=O) groups excluding carboxylic acids is 1. The zero-order valence-corrected chi connectivity index (χ0v) is 12.6. The van der Waals surface area contributed by atoms with Crippen molar-refractivity contribution in [3.63, 3.8) is 0 Å². The zero-order valence-electron chi connectivity index (χ0n) is 11.1. The van der Waals surface area contributed by atoms with Gasteiger partial charge in [0.25, 0.3) is 5.69 Å². The van der Waals surface area contributed by atoms with E-state index < -0.39 is 10.8 Å². The van der Waals surface area contributed by atoms with Crippen LogP contribution in [0.1, 0.15) is 5.56 Å². The number of anilines is 1. The highest BCUT2D eigenvalue weighted by Crippen LogP contribution is 2.27. The van der Waals surface area contributed by atoms with Gasteiger partial charge in [-0.15, -0.1) is 0 Å². The third-order valence-electron chi connectivity index (χ3n) is 2.71. The van der Waals surface area contributed by atoms with E-state index in [0.717, 1.165) is 5.56 Å². The molecule has 112 valence electrons. The standard InChI is InChI=1S/C15H10Cl2N2O3/c16-11-4-1-10(2-5-11)3-8-15(20)18-13-7-6-12(17)9-14(13)19(21)22/h1-9H,(H,18,20)/b8-3+. The molecule has 0 aliphatic heterocycles. The average Bonchev–Trinajstić information content (AvgIpc) is 2.48. The molecule has 2 aromatic rings. The molecule has 2 aromatic carbocycles. The van der Waals surface area contributed by atoms with Crippen LogP contribution < -0.4 is 5.32 Å². The number of carbonyl (C=O) groups is 1. The number of nitrogens with zero attached hydrogens (tertiary/aromatic N) is 1. The third kappa shape index (κ3) is 4.31. The maximum absolute atomic E-state index is 11.8. The Labute approximate surface area is 136 Å². The summed E-state index contributed by atoms with van der Waals surface area (Å²) in [6, 6.07) is 10.9. The first-order chi connectivity index (χ1) is 10.5. The fourth-order valence-corrected chi connectivity index (χ4v) is 1.97. The van der Waals surface area contributed by atoms with Crippen LogP contribution in [0.2, 0.25) is 10.0 Å². The molecule has 0 unspecified atom stereocenters. The molecular weight excluding hydrogens is 327 g/mol. The molecule has 0 aliphatic carbocycles. The fourth-order valence-electron chi connectivity index (χ4n) is 1.68. The second-order valence-electron chi connectivity index (χ2n) is 4.29. The molecule has 0 bridgehead atoms. The Morgan fingerprint density at radius 2 is 1.73 bits per heavy atom. The molecule has 0 atom stereocenters. The first-order valence-corrected chi connectivity index (χ1v) is 6.90. The maximum atomic E-state index is 11.8. The SMILES string of the molecule is O=C(/C=C/c1ccc(Cl)cc1)Nc1ccc(Cl)cc1[N+](=O)[O-]. The molecular formula is C15H10Cl2N2O3. The minimum absolute atomic E-state index is 0.0835. The number of nitrogens with one attached hydrogen (secondary N) is 1. The molecule has 2 rings (SSSR count). The van der Waals surface area contributed by atoms with Crippen LogP contribution in [0.5, 0.6) is 0 Å². The third-order valence-corrected chi connectivity index (χ3v) is 3.20. The topological polar surface area (TPSA) is 72.2 Å². The Morgan fingerprint density at radius 3 is 2.36 bits per heavy atom. The molecule has 1 amide bonds.